The Bertz CT molecular complexity index is 855. The van der Waals surface area contributed by atoms with Gasteiger partial charge in [0.05, 0.1) is 13.3 Å². The molecule has 1 aromatic carbocycles. The molecule has 1 aromatic heterocycles. The Balaban J connectivity index is 1.44. The lowest BCUT2D eigenvalue weighted by Gasteiger charge is -2.39. The molecule has 0 amide bonds. The summed E-state index contributed by atoms with van der Waals surface area (Å²) in [6.45, 7) is 4.42. The van der Waals surface area contributed by atoms with Crippen molar-refractivity contribution >= 4 is 5.96 Å². The van der Waals surface area contributed by atoms with E-state index in [2.05, 4.69) is 50.8 Å². The first-order valence-corrected chi connectivity index (χ1v) is 10.8. The molecule has 4 rings (SSSR count). The molecule has 0 bridgehead atoms. The maximum absolute atomic E-state index is 5.69. The lowest BCUT2D eigenvalue weighted by Crippen LogP contribution is -2.48. The molecular formula is C23H33N5O2. The van der Waals surface area contributed by atoms with Crippen molar-refractivity contribution in [2.24, 2.45) is 12.0 Å². The van der Waals surface area contributed by atoms with Gasteiger partial charge in [-0.2, -0.15) is 5.10 Å². The van der Waals surface area contributed by atoms with Gasteiger partial charge in [0.25, 0.3) is 0 Å². The molecule has 0 spiro atoms. The van der Waals surface area contributed by atoms with Crippen molar-refractivity contribution in [1.29, 1.82) is 0 Å². The first-order chi connectivity index (χ1) is 14.6. The number of hydrogen-bond donors (Lipinski definition) is 1. The van der Waals surface area contributed by atoms with Crippen molar-refractivity contribution in [3.8, 4) is 5.75 Å². The highest BCUT2D eigenvalue weighted by Crippen LogP contribution is 2.35. The third kappa shape index (κ3) is 4.31. The van der Waals surface area contributed by atoms with Gasteiger partial charge in [-0.05, 0) is 42.5 Å². The van der Waals surface area contributed by atoms with Gasteiger partial charge in [0.2, 0.25) is 0 Å². The summed E-state index contributed by atoms with van der Waals surface area (Å²) in [4.78, 5) is 6.97. The zero-order valence-corrected chi connectivity index (χ0v) is 18.3. The topological polar surface area (TPSA) is 63.9 Å². The first-order valence-electron chi connectivity index (χ1n) is 10.8. The molecule has 1 atom stereocenters. The predicted octanol–water partition coefficient (Wildman–Crippen LogP) is 2.54. The highest BCUT2D eigenvalue weighted by Gasteiger charge is 2.35. The van der Waals surface area contributed by atoms with Gasteiger partial charge in [-0.3, -0.25) is 9.67 Å². The first kappa shape index (κ1) is 20.7. The van der Waals surface area contributed by atoms with Crippen molar-refractivity contribution in [3.05, 3.63) is 47.8 Å². The Kier molecular flexibility index (Phi) is 6.27. The van der Waals surface area contributed by atoms with Gasteiger partial charge in [-0.1, -0.05) is 12.1 Å². The van der Waals surface area contributed by atoms with Crippen molar-refractivity contribution in [1.82, 2.24) is 20.0 Å². The second-order valence-corrected chi connectivity index (χ2v) is 8.40. The zero-order chi connectivity index (χ0) is 21.0. The number of rotatable bonds is 5. The minimum Gasteiger partial charge on any atom is -0.497 e. The molecule has 0 aliphatic carbocycles. The van der Waals surface area contributed by atoms with Crippen LogP contribution < -0.4 is 10.1 Å². The molecule has 7 heteroatoms. The van der Waals surface area contributed by atoms with Crippen LogP contribution in [0, 0.1) is 0 Å². The summed E-state index contributed by atoms with van der Waals surface area (Å²) in [6.07, 6.45) is 7.25. The third-order valence-corrected chi connectivity index (χ3v) is 6.63. The van der Waals surface area contributed by atoms with Gasteiger partial charge in [0.15, 0.2) is 5.96 Å². The molecule has 2 fully saturated rings. The maximum atomic E-state index is 5.69. The number of aliphatic imine (C=N–C) groups is 1. The lowest BCUT2D eigenvalue weighted by molar-refractivity contribution is 0.0512. The molecule has 1 unspecified atom stereocenters. The molecule has 162 valence electrons. The Labute approximate surface area is 179 Å². The molecule has 1 N–H and O–H groups in total. The van der Waals surface area contributed by atoms with Crippen LogP contribution in [-0.4, -0.2) is 67.6 Å². The highest BCUT2D eigenvalue weighted by molar-refractivity contribution is 5.80. The number of guanidine groups is 1. The highest BCUT2D eigenvalue weighted by atomic mass is 16.5. The fourth-order valence-corrected chi connectivity index (χ4v) is 4.73. The SMILES string of the molecule is CN=C(NCC1(c2ccc(OC)cc2)CCOCC1)N1CCC(c2cnn(C)c2)C1. The van der Waals surface area contributed by atoms with Gasteiger partial charge in [0.1, 0.15) is 5.75 Å². The number of benzene rings is 1. The van der Waals surface area contributed by atoms with Crippen molar-refractivity contribution in [2.45, 2.75) is 30.6 Å². The number of aryl methyl sites for hydroxylation is 1. The number of ether oxygens (including phenoxy) is 2. The maximum Gasteiger partial charge on any atom is 0.193 e. The van der Waals surface area contributed by atoms with Crippen LogP contribution in [0.5, 0.6) is 5.75 Å². The summed E-state index contributed by atoms with van der Waals surface area (Å²) in [5.41, 5.74) is 2.70. The van der Waals surface area contributed by atoms with Crippen molar-refractivity contribution in [2.75, 3.05) is 47.0 Å². The number of methoxy groups -OCH3 is 1. The van der Waals surface area contributed by atoms with E-state index in [1.54, 1.807) is 7.11 Å². The molecule has 3 heterocycles. The summed E-state index contributed by atoms with van der Waals surface area (Å²) in [6, 6.07) is 8.51. The van der Waals surface area contributed by atoms with Crippen LogP contribution in [0.2, 0.25) is 0 Å². The molecule has 2 aromatic rings. The molecule has 7 nitrogen and oxygen atoms in total. The Morgan fingerprint density at radius 2 is 2.07 bits per heavy atom. The number of likely N-dealkylation sites (tertiary alicyclic amines) is 1. The Hall–Kier alpha value is -2.54. The summed E-state index contributed by atoms with van der Waals surface area (Å²) < 4.78 is 12.9. The van der Waals surface area contributed by atoms with E-state index in [0.717, 1.165) is 63.8 Å². The summed E-state index contributed by atoms with van der Waals surface area (Å²) >= 11 is 0. The van der Waals surface area contributed by atoms with E-state index in [9.17, 15) is 0 Å². The van der Waals surface area contributed by atoms with Crippen molar-refractivity contribution in [3.63, 3.8) is 0 Å². The molecule has 30 heavy (non-hydrogen) atoms. The van der Waals surface area contributed by atoms with Crippen LogP contribution in [0.1, 0.15) is 36.3 Å². The van der Waals surface area contributed by atoms with Gasteiger partial charge < -0.3 is 19.7 Å². The van der Waals surface area contributed by atoms with E-state index < -0.39 is 0 Å². The second kappa shape index (κ2) is 9.08. The average Bonchev–Trinajstić information content (AvgIpc) is 3.44. The molecule has 2 aliphatic rings. The predicted molar refractivity (Wildman–Crippen MR) is 118 cm³/mol. The van der Waals surface area contributed by atoms with Gasteiger partial charge in [-0.15, -0.1) is 0 Å². The quantitative estimate of drug-likeness (QED) is 0.605. The lowest BCUT2D eigenvalue weighted by atomic mass is 9.74. The summed E-state index contributed by atoms with van der Waals surface area (Å²) in [5.74, 6) is 2.39. The van der Waals surface area contributed by atoms with E-state index in [1.807, 2.05) is 25.0 Å². The van der Waals surface area contributed by atoms with E-state index in [0.29, 0.717) is 5.92 Å². The van der Waals surface area contributed by atoms with Crippen LogP contribution >= 0.6 is 0 Å². The Morgan fingerprint density at radius 3 is 2.70 bits per heavy atom. The van der Waals surface area contributed by atoms with Crippen LogP contribution in [-0.2, 0) is 17.2 Å². The number of aromatic nitrogens is 2. The second-order valence-electron chi connectivity index (χ2n) is 8.40. The molecule has 2 aliphatic heterocycles. The van der Waals surface area contributed by atoms with Gasteiger partial charge >= 0.3 is 0 Å². The zero-order valence-electron chi connectivity index (χ0n) is 18.3. The minimum absolute atomic E-state index is 0.0446. The minimum atomic E-state index is 0.0446. The summed E-state index contributed by atoms with van der Waals surface area (Å²) in [5, 5.41) is 8.03. The number of hydrogen-bond acceptors (Lipinski definition) is 4. The standard InChI is InChI=1S/C23H33N5O2/c1-24-22(28-11-8-18(16-28)19-14-26-27(2)15-19)25-17-23(9-12-30-13-10-23)20-4-6-21(29-3)7-5-20/h4-7,14-15,18H,8-13,16-17H2,1-3H3,(H,24,25). The monoisotopic (exact) mass is 411 g/mol. The smallest absolute Gasteiger partial charge is 0.193 e. The van der Waals surface area contributed by atoms with Crippen LogP contribution in [0.3, 0.4) is 0 Å². The fraction of sp³-hybridized carbons (Fsp3) is 0.565. The van der Waals surface area contributed by atoms with Crippen LogP contribution in [0.4, 0.5) is 0 Å². The third-order valence-electron chi connectivity index (χ3n) is 6.63. The largest absolute Gasteiger partial charge is 0.497 e. The number of nitrogens with zero attached hydrogens (tertiary/aromatic N) is 4. The average molecular weight is 412 g/mol. The summed E-state index contributed by atoms with van der Waals surface area (Å²) in [7, 11) is 5.56. The van der Waals surface area contributed by atoms with Crippen molar-refractivity contribution < 1.29 is 9.47 Å². The normalized spacial score (nSPS) is 21.6. The molecule has 2 saturated heterocycles. The Morgan fingerprint density at radius 1 is 1.30 bits per heavy atom. The molecular weight excluding hydrogens is 378 g/mol. The van der Waals surface area contributed by atoms with E-state index in [-0.39, 0.29) is 5.41 Å². The van der Waals surface area contributed by atoms with E-state index in [1.165, 1.54) is 11.1 Å². The molecule has 0 radical (unpaired) electrons. The van der Waals surface area contributed by atoms with Gasteiger partial charge in [0, 0.05) is 64.5 Å². The fourth-order valence-electron chi connectivity index (χ4n) is 4.73. The van der Waals surface area contributed by atoms with Crippen LogP contribution in [0.25, 0.3) is 0 Å². The van der Waals surface area contributed by atoms with Gasteiger partial charge in [-0.25, -0.2) is 0 Å². The van der Waals surface area contributed by atoms with Crippen LogP contribution in [0.15, 0.2) is 41.7 Å². The van der Waals surface area contributed by atoms with E-state index in [4.69, 9.17) is 9.47 Å². The number of nitrogens with one attached hydrogen (secondary N) is 1. The van der Waals surface area contributed by atoms with E-state index >= 15 is 0 Å². The molecule has 0 saturated carbocycles.